The molecular formula is C45H34BrClN2O6. The smallest absolute Gasteiger partial charge is 0.246 e. The standard InChI is InChI=1S/C45H34BrClN2O6/c46-28-14-16-30(17-15-28)48-41(51)35-21-20-33-36(39(35)43(48)53)24-37-42(52)49(31-13-7-12-29(47)22-31)44(54)45(37,27-10-5-2-6-11-27)40(33)34-19-18-32(23-38(34)50)55-25-26-8-3-1-4-9-26/h1-20,22-23,35-37,39-40,50H,21,24-25H2. The van der Waals surface area contributed by atoms with Gasteiger partial charge in [-0.2, -0.15) is 0 Å². The Morgan fingerprint density at radius 3 is 2.18 bits per heavy atom. The zero-order valence-corrected chi connectivity index (χ0v) is 31.7. The summed E-state index contributed by atoms with van der Waals surface area (Å²) in [5.41, 5.74) is 2.04. The molecule has 55 heavy (non-hydrogen) atoms. The maximum atomic E-state index is 15.5. The van der Waals surface area contributed by atoms with Gasteiger partial charge in [0.15, 0.2) is 0 Å². The molecule has 4 amide bonds. The minimum atomic E-state index is -1.52. The van der Waals surface area contributed by atoms with E-state index in [0.717, 1.165) is 15.6 Å². The van der Waals surface area contributed by atoms with E-state index in [4.69, 9.17) is 16.3 Å². The molecule has 1 saturated carbocycles. The number of hydrogen-bond acceptors (Lipinski definition) is 6. The number of carbonyl (C=O) groups is 4. The van der Waals surface area contributed by atoms with Crippen LogP contribution in [0, 0.1) is 23.7 Å². The van der Waals surface area contributed by atoms with Gasteiger partial charge in [0.2, 0.25) is 23.6 Å². The fourth-order valence-electron chi connectivity index (χ4n) is 9.53. The van der Waals surface area contributed by atoms with Crippen molar-refractivity contribution in [3.8, 4) is 11.5 Å². The van der Waals surface area contributed by atoms with E-state index in [1.54, 1.807) is 60.7 Å². The van der Waals surface area contributed by atoms with Crippen LogP contribution in [0.15, 0.2) is 144 Å². The Morgan fingerprint density at radius 2 is 1.47 bits per heavy atom. The number of hydrogen-bond donors (Lipinski definition) is 1. The number of ether oxygens (including phenoxy) is 1. The summed E-state index contributed by atoms with van der Waals surface area (Å²) in [6.45, 7) is 0.280. The molecular weight excluding hydrogens is 780 g/mol. The molecule has 2 aliphatic heterocycles. The Labute approximate surface area is 331 Å². The van der Waals surface area contributed by atoms with Gasteiger partial charge < -0.3 is 9.84 Å². The second-order valence-electron chi connectivity index (χ2n) is 14.6. The normalized spacial score (nSPS) is 25.7. The largest absolute Gasteiger partial charge is 0.508 e. The van der Waals surface area contributed by atoms with E-state index in [1.807, 2.05) is 66.7 Å². The lowest BCUT2D eigenvalue weighted by atomic mass is 9.49. The first-order valence-electron chi connectivity index (χ1n) is 18.2. The van der Waals surface area contributed by atoms with Crippen LogP contribution in [-0.2, 0) is 31.2 Å². The molecule has 0 bridgehead atoms. The summed E-state index contributed by atoms with van der Waals surface area (Å²) in [4.78, 5) is 61.6. The first-order chi connectivity index (χ1) is 26.7. The Bertz CT molecular complexity index is 2400. The molecule has 5 aromatic carbocycles. The van der Waals surface area contributed by atoms with Gasteiger partial charge in [-0.25, -0.2) is 4.90 Å². The molecule has 5 aromatic rings. The first kappa shape index (κ1) is 35.2. The number of nitrogens with zero attached hydrogens (tertiary/aromatic N) is 2. The van der Waals surface area contributed by atoms with Crippen LogP contribution in [0.2, 0.25) is 5.02 Å². The van der Waals surface area contributed by atoms with Crippen LogP contribution in [0.5, 0.6) is 11.5 Å². The third kappa shape index (κ3) is 5.54. The molecule has 2 aliphatic carbocycles. The summed E-state index contributed by atoms with van der Waals surface area (Å²) in [7, 11) is 0. The Morgan fingerprint density at radius 1 is 0.745 bits per heavy atom. The maximum Gasteiger partial charge on any atom is 0.246 e. The Balaban J connectivity index is 1.22. The highest BCUT2D eigenvalue weighted by molar-refractivity contribution is 9.10. The molecule has 274 valence electrons. The van der Waals surface area contributed by atoms with Gasteiger partial charge in [0.05, 0.1) is 34.5 Å². The summed E-state index contributed by atoms with van der Waals surface area (Å²) in [6, 6.07) is 37.7. The number of rotatable bonds is 7. The second-order valence-corrected chi connectivity index (χ2v) is 15.9. The number of aromatic hydroxyl groups is 1. The number of imide groups is 2. The van der Waals surface area contributed by atoms with Crippen molar-refractivity contribution in [2.75, 3.05) is 9.80 Å². The fraction of sp³-hybridized carbons (Fsp3) is 0.200. The SMILES string of the molecule is O=C1C2CC=C3C(CC4C(=O)N(c5cccc(Cl)c5)C(=O)C4(c4ccccc4)C3c3ccc(OCc4ccccc4)cc3O)C2C(=O)N1c1ccc(Br)cc1. The molecule has 0 radical (unpaired) electrons. The highest BCUT2D eigenvalue weighted by Crippen LogP contribution is 2.65. The van der Waals surface area contributed by atoms with Crippen molar-refractivity contribution in [1.29, 1.82) is 0 Å². The number of carbonyl (C=O) groups excluding carboxylic acids is 4. The van der Waals surface area contributed by atoms with Gasteiger partial charge in [0.1, 0.15) is 18.1 Å². The van der Waals surface area contributed by atoms with E-state index in [-0.39, 0.29) is 37.0 Å². The van der Waals surface area contributed by atoms with Crippen molar-refractivity contribution in [1.82, 2.24) is 0 Å². The number of amides is 4. The van der Waals surface area contributed by atoms with E-state index in [9.17, 15) is 19.5 Å². The predicted octanol–water partition coefficient (Wildman–Crippen LogP) is 8.75. The average molecular weight is 814 g/mol. The van der Waals surface area contributed by atoms with Crippen molar-refractivity contribution >= 4 is 62.5 Å². The molecule has 0 aromatic heterocycles. The number of anilines is 2. The van der Waals surface area contributed by atoms with E-state index < -0.39 is 46.8 Å². The molecule has 6 atom stereocenters. The number of allylic oxidation sites excluding steroid dienone is 2. The highest BCUT2D eigenvalue weighted by Gasteiger charge is 2.70. The van der Waals surface area contributed by atoms with Crippen LogP contribution < -0.4 is 14.5 Å². The van der Waals surface area contributed by atoms with Crippen molar-refractivity contribution in [2.24, 2.45) is 23.7 Å². The second kappa shape index (κ2) is 13.7. The molecule has 4 aliphatic rings. The predicted molar refractivity (Wildman–Crippen MR) is 212 cm³/mol. The molecule has 6 unspecified atom stereocenters. The molecule has 2 saturated heterocycles. The lowest BCUT2D eigenvalue weighted by molar-refractivity contribution is -0.127. The van der Waals surface area contributed by atoms with Gasteiger partial charge in [0, 0.05) is 27.0 Å². The van der Waals surface area contributed by atoms with Gasteiger partial charge >= 0.3 is 0 Å². The molecule has 8 nitrogen and oxygen atoms in total. The highest BCUT2D eigenvalue weighted by atomic mass is 79.9. The summed E-state index contributed by atoms with van der Waals surface area (Å²) in [5, 5.41) is 12.4. The van der Waals surface area contributed by atoms with Crippen LogP contribution in [0.4, 0.5) is 11.4 Å². The number of benzene rings is 5. The monoisotopic (exact) mass is 812 g/mol. The van der Waals surface area contributed by atoms with Crippen LogP contribution in [0.1, 0.15) is 35.4 Å². The molecule has 2 heterocycles. The minimum Gasteiger partial charge on any atom is -0.508 e. The minimum absolute atomic E-state index is 0.111. The van der Waals surface area contributed by atoms with Crippen LogP contribution in [0.25, 0.3) is 0 Å². The van der Waals surface area contributed by atoms with Gasteiger partial charge in [-0.3, -0.25) is 24.1 Å². The third-order valence-corrected chi connectivity index (χ3v) is 12.6. The zero-order chi connectivity index (χ0) is 38.0. The third-order valence-electron chi connectivity index (χ3n) is 11.8. The van der Waals surface area contributed by atoms with Crippen LogP contribution >= 0.6 is 27.5 Å². The van der Waals surface area contributed by atoms with E-state index >= 15 is 4.79 Å². The zero-order valence-electron chi connectivity index (χ0n) is 29.3. The summed E-state index contributed by atoms with van der Waals surface area (Å²) in [6.07, 6.45) is 2.39. The average Bonchev–Trinajstić information content (AvgIpc) is 3.59. The lowest BCUT2D eigenvalue weighted by Crippen LogP contribution is -2.53. The lowest BCUT2D eigenvalue weighted by Gasteiger charge is -2.50. The van der Waals surface area contributed by atoms with E-state index in [1.165, 1.54) is 15.9 Å². The van der Waals surface area contributed by atoms with E-state index in [2.05, 4.69) is 15.9 Å². The van der Waals surface area contributed by atoms with Crippen molar-refractivity contribution in [3.05, 3.63) is 165 Å². The quantitative estimate of drug-likeness (QED) is 0.130. The molecule has 3 fully saturated rings. The van der Waals surface area contributed by atoms with Crippen molar-refractivity contribution in [2.45, 2.75) is 30.8 Å². The summed E-state index contributed by atoms with van der Waals surface area (Å²) in [5.74, 6) is -5.01. The van der Waals surface area contributed by atoms with Gasteiger partial charge in [-0.1, -0.05) is 112 Å². The maximum absolute atomic E-state index is 15.5. The summed E-state index contributed by atoms with van der Waals surface area (Å²) >= 11 is 9.87. The topological polar surface area (TPSA) is 104 Å². The van der Waals surface area contributed by atoms with Gasteiger partial charge in [-0.05, 0) is 78.4 Å². The number of halogens is 2. The molecule has 0 spiro atoms. The van der Waals surface area contributed by atoms with Crippen LogP contribution in [0.3, 0.4) is 0 Å². The van der Waals surface area contributed by atoms with Gasteiger partial charge in [0.25, 0.3) is 0 Å². The Kier molecular flexibility index (Phi) is 8.74. The summed E-state index contributed by atoms with van der Waals surface area (Å²) < 4.78 is 6.89. The fourth-order valence-corrected chi connectivity index (χ4v) is 9.98. The van der Waals surface area contributed by atoms with Gasteiger partial charge in [-0.15, -0.1) is 0 Å². The molecule has 1 N–H and O–H groups in total. The number of fused-ring (bicyclic) bond motifs is 4. The van der Waals surface area contributed by atoms with Crippen LogP contribution in [-0.4, -0.2) is 28.7 Å². The first-order valence-corrected chi connectivity index (χ1v) is 19.4. The number of phenols is 1. The molecule has 10 heteroatoms. The molecule has 9 rings (SSSR count). The van der Waals surface area contributed by atoms with E-state index in [0.29, 0.717) is 33.3 Å². The Hall–Kier alpha value is -5.51. The van der Waals surface area contributed by atoms with Crippen molar-refractivity contribution in [3.63, 3.8) is 0 Å². The number of phenolic OH excluding ortho intramolecular Hbond substituents is 1. The van der Waals surface area contributed by atoms with Crippen molar-refractivity contribution < 1.29 is 29.0 Å².